The first-order valence-corrected chi connectivity index (χ1v) is 17.0. The van der Waals surface area contributed by atoms with Crippen LogP contribution in [0.5, 0.6) is 0 Å². The Morgan fingerprint density at radius 2 is 1.30 bits per heavy atom. The van der Waals surface area contributed by atoms with E-state index >= 15 is 0 Å². The molecule has 0 aliphatic carbocycles. The van der Waals surface area contributed by atoms with E-state index < -0.39 is 0 Å². The van der Waals surface area contributed by atoms with Crippen molar-refractivity contribution < 1.29 is 4.42 Å². The van der Waals surface area contributed by atoms with E-state index in [0.717, 1.165) is 49.2 Å². The minimum Gasteiger partial charge on any atom is -0.454 e. The number of para-hydroxylation sites is 2. The van der Waals surface area contributed by atoms with Gasteiger partial charge in [0.05, 0.1) is 26.9 Å². The molecule has 46 heavy (non-hydrogen) atoms. The van der Waals surface area contributed by atoms with E-state index in [1.807, 2.05) is 11.3 Å². The summed E-state index contributed by atoms with van der Waals surface area (Å²) in [5, 5.41) is 10.7. The molecule has 214 valence electrons. The highest BCUT2D eigenvalue weighted by molar-refractivity contribution is 7.26. The molecule has 3 nitrogen and oxygen atoms in total. The molecule has 0 aliphatic heterocycles. The van der Waals surface area contributed by atoms with E-state index in [2.05, 4.69) is 138 Å². The van der Waals surface area contributed by atoms with Crippen molar-refractivity contribution in [3.8, 4) is 16.3 Å². The fourth-order valence-electron chi connectivity index (χ4n) is 7.36. The molecule has 7 aromatic carbocycles. The lowest BCUT2D eigenvalue weighted by Gasteiger charge is -2.11. The van der Waals surface area contributed by atoms with Crippen molar-refractivity contribution in [1.29, 1.82) is 0 Å². The van der Waals surface area contributed by atoms with E-state index in [9.17, 15) is 0 Å². The zero-order valence-corrected chi connectivity index (χ0v) is 26.0. The number of thiazole rings is 1. The highest BCUT2D eigenvalue weighted by atomic mass is 32.1. The topological polar surface area (TPSA) is 31.0 Å². The Kier molecular flexibility index (Phi) is 4.87. The molecular weight excluding hydrogens is 601 g/mol. The Labute approximate surface area is 270 Å². The molecular formula is C41H22N2OS2. The molecule has 0 aliphatic rings. The summed E-state index contributed by atoms with van der Waals surface area (Å²) in [6, 6.07) is 48.1. The fraction of sp³-hybridized carbons (Fsp3) is 0. The highest BCUT2D eigenvalue weighted by Crippen LogP contribution is 2.45. The fourth-order valence-corrected chi connectivity index (χ4v) is 9.44. The summed E-state index contributed by atoms with van der Waals surface area (Å²) in [5.41, 5.74) is 7.25. The number of fused-ring (bicyclic) bond motifs is 12. The first-order valence-electron chi connectivity index (χ1n) is 15.4. The third-order valence-corrected chi connectivity index (χ3v) is 11.6. The second-order valence-corrected chi connectivity index (χ2v) is 14.1. The van der Waals surface area contributed by atoms with Crippen LogP contribution < -0.4 is 0 Å². The molecule has 4 heterocycles. The van der Waals surface area contributed by atoms with Crippen LogP contribution in [0.4, 0.5) is 0 Å². The molecule has 0 saturated heterocycles. The molecule has 0 unspecified atom stereocenters. The average molecular weight is 623 g/mol. The molecule has 0 bridgehead atoms. The zero-order chi connectivity index (χ0) is 29.9. The quantitative estimate of drug-likeness (QED) is 0.192. The van der Waals surface area contributed by atoms with Crippen LogP contribution >= 0.6 is 22.7 Å². The first-order chi connectivity index (χ1) is 22.8. The van der Waals surface area contributed by atoms with Crippen molar-refractivity contribution in [2.75, 3.05) is 0 Å². The molecule has 11 rings (SSSR count). The monoisotopic (exact) mass is 622 g/mol. The molecule has 0 N–H and O–H groups in total. The lowest BCUT2D eigenvalue weighted by molar-refractivity contribution is 0.666. The van der Waals surface area contributed by atoms with Gasteiger partial charge in [-0.1, -0.05) is 78.9 Å². The van der Waals surface area contributed by atoms with Gasteiger partial charge < -0.3 is 8.98 Å². The lowest BCUT2D eigenvalue weighted by atomic mass is 10.0. The molecule has 0 amide bonds. The maximum atomic E-state index is 6.87. The van der Waals surface area contributed by atoms with E-state index in [1.54, 1.807) is 11.3 Å². The second kappa shape index (κ2) is 9.04. The third kappa shape index (κ3) is 3.33. The number of nitrogens with zero attached hydrogens (tertiary/aromatic N) is 2. The maximum Gasteiger partial charge on any atom is 0.159 e. The maximum absolute atomic E-state index is 6.87. The standard InChI is InChI=1S/C41H22N2OS2/c1-2-10-25-23(9-1)17-18-35-39(25)30-19-24(41-42-31-13-5-8-16-37(31)46-41)20-34(40(30)44-35)43-32-14-6-3-11-26(32)28-22-38-29(21-33(28)43)27-12-4-7-15-36(27)45-38/h1-22H. The Balaban J connectivity index is 1.33. The van der Waals surface area contributed by atoms with Gasteiger partial charge in [0.15, 0.2) is 5.58 Å². The van der Waals surface area contributed by atoms with Crippen LogP contribution in [0, 0.1) is 0 Å². The first kappa shape index (κ1) is 24.8. The molecule has 11 aromatic rings. The van der Waals surface area contributed by atoms with Gasteiger partial charge in [0.25, 0.3) is 0 Å². The molecule has 5 heteroatoms. The number of benzene rings is 7. The summed E-state index contributed by atoms with van der Waals surface area (Å²) in [4.78, 5) is 5.11. The number of thiophene rings is 1. The zero-order valence-electron chi connectivity index (χ0n) is 24.3. The van der Waals surface area contributed by atoms with Crippen LogP contribution in [-0.4, -0.2) is 9.55 Å². The van der Waals surface area contributed by atoms with Crippen LogP contribution in [0.3, 0.4) is 0 Å². The molecule has 0 spiro atoms. The van der Waals surface area contributed by atoms with Gasteiger partial charge in [-0.2, -0.15) is 0 Å². The molecule has 0 fully saturated rings. The largest absolute Gasteiger partial charge is 0.454 e. The summed E-state index contributed by atoms with van der Waals surface area (Å²) in [7, 11) is 0. The number of aromatic nitrogens is 2. The van der Waals surface area contributed by atoms with Crippen LogP contribution in [-0.2, 0) is 0 Å². The highest BCUT2D eigenvalue weighted by Gasteiger charge is 2.22. The SMILES string of the molecule is c1ccc2c(c1)ccc1oc3c(-n4c5ccccc5c5cc6sc7ccccc7c6cc54)cc(-c4nc5ccccc5s4)cc3c12. The van der Waals surface area contributed by atoms with E-state index in [-0.39, 0.29) is 0 Å². The minimum absolute atomic E-state index is 0.883. The van der Waals surface area contributed by atoms with Gasteiger partial charge in [0, 0.05) is 47.3 Å². The van der Waals surface area contributed by atoms with E-state index in [1.165, 1.54) is 51.9 Å². The smallest absolute Gasteiger partial charge is 0.159 e. The Bertz CT molecular complexity index is 3010. The van der Waals surface area contributed by atoms with Crippen LogP contribution in [0.2, 0.25) is 0 Å². The second-order valence-electron chi connectivity index (χ2n) is 11.9. The van der Waals surface area contributed by atoms with Gasteiger partial charge in [0.1, 0.15) is 10.6 Å². The summed E-state index contributed by atoms with van der Waals surface area (Å²) in [6.45, 7) is 0. The van der Waals surface area contributed by atoms with Gasteiger partial charge >= 0.3 is 0 Å². The Hall–Kier alpha value is -5.49. The number of rotatable bonds is 2. The molecule has 0 saturated carbocycles. The number of furan rings is 1. The molecule has 0 radical (unpaired) electrons. The predicted octanol–water partition coefficient (Wildman–Crippen LogP) is 12.5. The minimum atomic E-state index is 0.883. The molecule has 4 aromatic heterocycles. The van der Waals surface area contributed by atoms with Crippen molar-refractivity contribution in [1.82, 2.24) is 9.55 Å². The van der Waals surface area contributed by atoms with Crippen LogP contribution in [0.15, 0.2) is 138 Å². The van der Waals surface area contributed by atoms with Crippen LogP contribution in [0.25, 0.3) is 101 Å². The lowest BCUT2D eigenvalue weighted by Crippen LogP contribution is -1.95. The van der Waals surface area contributed by atoms with Gasteiger partial charge in [0.2, 0.25) is 0 Å². The van der Waals surface area contributed by atoms with Crippen molar-refractivity contribution in [3.05, 3.63) is 133 Å². The predicted molar refractivity (Wildman–Crippen MR) is 197 cm³/mol. The van der Waals surface area contributed by atoms with Gasteiger partial charge in [-0.3, -0.25) is 0 Å². The normalized spacial score (nSPS) is 12.3. The van der Waals surface area contributed by atoms with Crippen molar-refractivity contribution in [2.45, 2.75) is 0 Å². The van der Waals surface area contributed by atoms with Crippen molar-refractivity contribution >= 4 is 108 Å². The summed E-state index contributed by atoms with van der Waals surface area (Å²) in [6.07, 6.45) is 0. The van der Waals surface area contributed by atoms with Gasteiger partial charge in [-0.05, 0) is 65.4 Å². The van der Waals surface area contributed by atoms with E-state index in [0.29, 0.717) is 0 Å². The third-order valence-electron chi connectivity index (χ3n) is 9.39. The summed E-state index contributed by atoms with van der Waals surface area (Å²) < 4.78 is 13.1. The van der Waals surface area contributed by atoms with Gasteiger partial charge in [-0.15, -0.1) is 22.7 Å². The number of hydrogen-bond donors (Lipinski definition) is 0. The number of hydrogen-bond acceptors (Lipinski definition) is 4. The Morgan fingerprint density at radius 1 is 0.522 bits per heavy atom. The average Bonchev–Trinajstić information content (AvgIpc) is 3.87. The summed E-state index contributed by atoms with van der Waals surface area (Å²) >= 11 is 3.60. The summed E-state index contributed by atoms with van der Waals surface area (Å²) in [5.74, 6) is 0. The van der Waals surface area contributed by atoms with Crippen molar-refractivity contribution in [2.24, 2.45) is 0 Å². The Morgan fingerprint density at radius 3 is 2.22 bits per heavy atom. The molecule has 0 atom stereocenters. The van der Waals surface area contributed by atoms with Crippen molar-refractivity contribution in [3.63, 3.8) is 0 Å². The van der Waals surface area contributed by atoms with Gasteiger partial charge in [-0.25, -0.2) is 4.98 Å². The van der Waals surface area contributed by atoms with Crippen LogP contribution in [0.1, 0.15) is 0 Å². The van der Waals surface area contributed by atoms with E-state index in [4.69, 9.17) is 9.40 Å².